The highest BCUT2D eigenvalue weighted by molar-refractivity contribution is 5.71. The maximum atomic E-state index is 9.85. The van der Waals surface area contributed by atoms with E-state index in [1.165, 1.54) is 14.7 Å². The molecule has 5 N–H and O–H groups in total. The molecule has 28 heavy (non-hydrogen) atoms. The molecular formula is C17H48N8O3. The van der Waals surface area contributed by atoms with Crippen LogP contribution in [-0.4, -0.2) is 142 Å². The van der Waals surface area contributed by atoms with Crippen molar-refractivity contribution in [1.29, 1.82) is 0 Å². The first kappa shape index (κ1) is 40.7. The molecule has 0 aromatic heterocycles. The Bertz CT molecular complexity index is 285. The summed E-state index contributed by atoms with van der Waals surface area (Å²) < 4.78 is 0. The predicted molar refractivity (Wildman–Crippen MR) is 120 cm³/mol. The van der Waals surface area contributed by atoms with Gasteiger partial charge in [0.25, 0.3) is 0 Å². The lowest BCUT2D eigenvalue weighted by molar-refractivity contribution is -0.116. The summed E-state index contributed by atoms with van der Waals surface area (Å²) in [6, 6.07) is -0.407. The molecule has 0 saturated carbocycles. The fourth-order valence-corrected chi connectivity index (χ4v) is 0. The number of nitrogens with one attached hydrogen (secondary N) is 1. The van der Waals surface area contributed by atoms with Gasteiger partial charge in [0.1, 0.15) is 0 Å². The van der Waals surface area contributed by atoms with Crippen molar-refractivity contribution in [3.8, 4) is 0 Å². The monoisotopic (exact) mass is 412 g/mol. The Labute approximate surface area is 173 Å². The van der Waals surface area contributed by atoms with E-state index in [-0.39, 0.29) is 0 Å². The highest BCUT2D eigenvalue weighted by atomic mass is 16.2. The second kappa shape index (κ2) is 36.0. The molecular weight excluding hydrogens is 364 g/mol. The smallest absolute Gasteiger partial charge is 0.314 e. The Balaban J connectivity index is -0.0000000525. The molecule has 0 radical (unpaired) electrons. The standard InChI is InChI=1S/C3H8N2O.C3H10N2.2C3H7NO.C3H9N.C2H7N/c1-5(2)3(4)6;1-5(2)3-4;2*1-4(2)3-5;1-4(2)3;1-3-2/h1-2H3,(H2,4,6);3-4H2,1-2H3;2*3H,1-2H3;1-3H3;3H,1-2H3. The molecule has 0 bridgehead atoms. The van der Waals surface area contributed by atoms with Gasteiger partial charge < -0.3 is 36.4 Å². The summed E-state index contributed by atoms with van der Waals surface area (Å²) in [6.07, 6.45) is 1.50. The molecule has 0 aromatic carbocycles. The van der Waals surface area contributed by atoms with Crippen LogP contribution in [0.5, 0.6) is 0 Å². The van der Waals surface area contributed by atoms with Gasteiger partial charge in [-0.3, -0.25) is 14.5 Å². The third-order valence-corrected chi connectivity index (χ3v) is 1.23. The lowest BCUT2D eigenvalue weighted by Gasteiger charge is -2.01. The molecule has 0 atom stereocenters. The van der Waals surface area contributed by atoms with Gasteiger partial charge in [-0.1, -0.05) is 0 Å². The zero-order valence-electron chi connectivity index (χ0n) is 20.5. The summed E-state index contributed by atoms with van der Waals surface area (Å²) in [4.78, 5) is 36.8. The minimum absolute atomic E-state index is 0.407. The Hall–Kier alpha value is -1.95. The molecule has 0 saturated heterocycles. The lowest BCUT2D eigenvalue weighted by atomic mass is 10.9. The average Bonchev–Trinajstić information content (AvgIpc) is 2.56. The zero-order valence-corrected chi connectivity index (χ0v) is 20.5. The number of hydrogen-bond donors (Lipinski definition) is 3. The molecule has 11 heteroatoms. The van der Waals surface area contributed by atoms with Gasteiger partial charge in [-0.2, -0.15) is 0 Å². The second-order valence-electron chi connectivity index (χ2n) is 6.47. The molecule has 174 valence electrons. The number of carbonyl (C=O) groups excluding carboxylic acids is 3. The van der Waals surface area contributed by atoms with Crippen LogP contribution in [0.1, 0.15) is 0 Å². The summed E-state index contributed by atoms with van der Waals surface area (Å²) in [5.74, 6) is 0. The van der Waals surface area contributed by atoms with Crippen LogP contribution >= 0.6 is 0 Å². The normalized spacial score (nSPS) is 7.71. The number of hydrogen-bond acceptors (Lipinski definition) is 7. The Kier molecular flexibility index (Phi) is 52.3. The van der Waals surface area contributed by atoms with E-state index < -0.39 is 6.03 Å². The zero-order chi connectivity index (χ0) is 24.3. The number of rotatable bonds is 3. The van der Waals surface area contributed by atoms with Crippen molar-refractivity contribution in [1.82, 2.24) is 29.8 Å². The van der Waals surface area contributed by atoms with Crippen LogP contribution in [0.15, 0.2) is 0 Å². The lowest BCUT2D eigenvalue weighted by Crippen LogP contribution is -2.27. The molecule has 0 rings (SSSR count). The number of nitrogens with zero attached hydrogens (tertiary/aromatic N) is 5. The quantitative estimate of drug-likeness (QED) is 0.380. The van der Waals surface area contributed by atoms with Crippen molar-refractivity contribution in [2.45, 2.75) is 0 Å². The highest BCUT2D eigenvalue weighted by Gasteiger charge is 1.88. The van der Waals surface area contributed by atoms with Crippen LogP contribution in [0.25, 0.3) is 0 Å². The summed E-state index contributed by atoms with van der Waals surface area (Å²) in [6.45, 7) is 0.639. The van der Waals surface area contributed by atoms with Gasteiger partial charge in [-0.05, 0) is 49.3 Å². The molecule has 0 aliphatic heterocycles. The van der Waals surface area contributed by atoms with Gasteiger partial charge in [0, 0.05) is 49.0 Å². The molecule has 0 unspecified atom stereocenters. The maximum Gasteiger partial charge on any atom is 0.314 e. The molecule has 4 amide bonds. The van der Waals surface area contributed by atoms with E-state index in [9.17, 15) is 14.4 Å². The highest BCUT2D eigenvalue weighted by Crippen LogP contribution is 1.65. The first-order valence-corrected chi connectivity index (χ1v) is 8.35. The molecule has 0 spiro atoms. The Morgan fingerprint density at radius 1 is 0.786 bits per heavy atom. The topological polar surface area (TPSA) is 131 Å². The van der Waals surface area contributed by atoms with Crippen LogP contribution in [0, 0.1) is 0 Å². The van der Waals surface area contributed by atoms with Crippen molar-refractivity contribution in [2.24, 2.45) is 11.5 Å². The van der Waals surface area contributed by atoms with Crippen LogP contribution in [0.3, 0.4) is 0 Å². The Morgan fingerprint density at radius 3 is 0.893 bits per heavy atom. The van der Waals surface area contributed by atoms with Crippen LogP contribution < -0.4 is 16.8 Å². The van der Waals surface area contributed by atoms with Gasteiger partial charge in [0.15, 0.2) is 0 Å². The summed E-state index contributed by atoms with van der Waals surface area (Å²) in [5.41, 5.74) is 9.82. The van der Waals surface area contributed by atoms with Crippen molar-refractivity contribution in [2.75, 3.05) is 98.3 Å². The molecule has 0 heterocycles. The third kappa shape index (κ3) is 197. The molecule has 0 aromatic rings. The van der Waals surface area contributed by atoms with Gasteiger partial charge in [0.05, 0.1) is 0 Å². The average molecular weight is 413 g/mol. The molecule has 11 nitrogen and oxygen atoms in total. The second-order valence-corrected chi connectivity index (χ2v) is 6.47. The number of amides is 4. The van der Waals surface area contributed by atoms with Crippen molar-refractivity contribution in [3.63, 3.8) is 0 Å². The Morgan fingerprint density at radius 2 is 0.893 bits per heavy atom. The molecule has 0 aliphatic rings. The van der Waals surface area contributed by atoms with Crippen molar-refractivity contribution in [3.05, 3.63) is 0 Å². The van der Waals surface area contributed by atoms with E-state index >= 15 is 0 Å². The van der Waals surface area contributed by atoms with Crippen LogP contribution in [0.2, 0.25) is 0 Å². The summed E-state index contributed by atoms with van der Waals surface area (Å²) >= 11 is 0. The summed E-state index contributed by atoms with van der Waals surface area (Å²) in [5, 5.41) is 2.75. The van der Waals surface area contributed by atoms with E-state index in [1.807, 2.05) is 59.1 Å². The molecule has 0 aliphatic carbocycles. The van der Waals surface area contributed by atoms with E-state index in [0.717, 1.165) is 12.8 Å². The van der Waals surface area contributed by atoms with Gasteiger partial charge in [0.2, 0.25) is 12.8 Å². The number of urea groups is 1. The van der Waals surface area contributed by atoms with Crippen LogP contribution in [0.4, 0.5) is 4.79 Å². The SMILES string of the molecule is CN(C)C.CN(C)C(N)=O.CN(C)C=O.CN(C)C=O.CN(C)CN.CNC. The largest absolute Gasteiger partial charge is 0.352 e. The van der Waals surface area contributed by atoms with Crippen molar-refractivity contribution < 1.29 is 14.4 Å². The fourth-order valence-electron chi connectivity index (χ4n) is 0. The first-order chi connectivity index (χ1) is 12.6. The third-order valence-electron chi connectivity index (χ3n) is 1.23. The van der Waals surface area contributed by atoms with Gasteiger partial charge in [-0.15, -0.1) is 0 Å². The van der Waals surface area contributed by atoms with E-state index in [4.69, 9.17) is 11.5 Å². The van der Waals surface area contributed by atoms with Gasteiger partial charge in [-0.25, -0.2) is 4.79 Å². The van der Waals surface area contributed by atoms with E-state index in [0.29, 0.717) is 6.67 Å². The number of nitrogens with two attached hydrogens (primary N) is 2. The molecule has 0 fully saturated rings. The fraction of sp³-hybridized carbons (Fsp3) is 0.824. The minimum atomic E-state index is -0.407. The number of carbonyl (C=O) groups is 3. The summed E-state index contributed by atoms with van der Waals surface area (Å²) in [7, 11) is 23.6. The predicted octanol–water partition coefficient (Wildman–Crippen LogP) is -1.49. The van der Waals surface area contributed by atoms with Crippen LogP contribution in [-0.2, 0) is 9.59 Å². The van der Waals surface area contributed by atoms with E-state index in [1.54, 1.807) is 42.3 Å². The first-order valence-electron chi connectivity index (χ1n) is 8.35. The number of primary amides is 1. The van der Waals surface area contributed by atoms with Gasteiger partial charge >= 0.3 is 6.03 Å². The van der Waals surface area contributed by atoms with E-state index in [2.05, 4.69) is 5.32 Å². The maximum absolute atomic E-state index is 9.85. The minimum Gasteiger partial charge on any atom is -0.352 e. The van der Waals surface area contributed by atoms with Crippen molar-refractivity contribution >= 4 is 18.9 Å².